The van der Waals surface area contributed by atoms with Crippen LogP contribution >= 0.6 is 0 Å². The van der Waals surface area contributed by atoms with Crippen molar-refractivity contribution in [3.63, 3.8) is 0 Å². The lowest BCUT2D eigenvalue weighted by Gasteiger charge is -2.21. The number of carbonyl (C=O) groups excluding carboxylic acids is 2. The van der Waals surface area contributed by atoms with Gasteiger partial charge < -0.3 is 10.6 Å². The SMILES string of the molecule is CC(C)CNC(=O)C(C)NC(C)C(=O)NC1CCCC1. The van der Waals surface area contributed by atoms with E-state index < -0.39 is 0 Å². The summed E-state index contributed by atoms with van der Waals surface area (Å²) in [6.07, 6.45) is 4.54. The molecular weight excluding hydrogens is 254 g/mol. The van der Waals surface area contributed by atoms with Crippen LogP contribution in [0.15, 0.2) is 0 Å². The van der Waals surface area contributed by atoms with Gasteiger partial charge in [0, 0.05) is 12.6 Å². The van der Waals surface area contributed by atoms with Crippen LogP contribution in [0.2, 0.25) is 0 Å². The highest BCUT2D eigenvalue weighted by atomic mass is 16.2. The Morgan fingerprint density at radius 1 is 1.00 bits per heavy atom. The summed E-state index contributed by atoms with van der Waals surface area (Å²) in [5, 5.41) is 8.96. The van der Waals surface area contributed by atoms with Gasteiger partial charge in [-0.1, -0.05) is 26.7 Å². The first kappa shape index (κ1) is 17.0. The van der Waals surface area contributed by atoms with Crippen LogP contribution in [0.1, 0.15) is 53.4 Å². The number of rotatable bonds is 7. The van der Waals surface area contributed by atoms with Crippen LogP contribution in [0, 0.1) is 5.92 Å². The van der Waals surface area contributed by atoms with Crippen LogP contribution < -0.4 is 16.0 Å². The molecule has 0 aromatic carbocycles. The van der Waals surface area contributed by atoms with Crippen LogP contribution in [0.4, 0.5) is 0 Å². The molecule has 0 spiro atoms. The van der Waals surface area contributed by atoms with Gasteiger partial charge in [-0.25, -0.2) is 0 Å². The van der Waals surface area contributed by atoms with Crippen molar-refractivity contribution in [3.05, 3.63) is 0 Å². The Labute approximate surface area is 122 Å². The Kier molecular flexibility index (Phi) is 6.99. The number of hydrogen-bond acceptors (Lipinski definition) is 3. The summed E-state index contributed by atoms with van der Waals surface area (Å²) in [6.45, 7) is 8.35. The zero-order valence-electron chi connectivity index (χ0n) is 13.2. The van der Waals surface area contributed by atoms with E-state index in [2.05, 4.69) is 29.8 Å². The van der Waals surface area contributed by atoms with Gasteiger partial charge in [0.1, 0.15) is 0 Å². The van der Waals surface area contributed by atoms with Crippen LogP contribution in [-0.2, 0) is 9.59 Å². The number of amides is 2. The first-order valence-corrected chi connectivity index (χ1v) is 7.74. The first-order valence-electron chi connectivity index (χ1n) is 7.74. The predicted octanol–water partition coefficient (Wildman–Crippen LogP) is 1.18. The normalized spacial score (nSPS) is 18.9. The molecule has 5 nitrogen and oxygen atoms in total. The summed E-state index contributed by atoms with van der Waals surface area (Å²) in [7, 11) is 0. The number of carbonyl (C=O) groups is 2. The average Bonchev–Trinajstić information content (AvgIpc) is 2.88. The van der Waals surface area contributed by atoms with Gasteiger partial charge in [-0.2, -0.15) is 0 Å². The molecule has 0 bridgehead atoms. The van der Waals surface area contributed by atoms with E-state index in [0.29, 0.717) is 18.5 Å². The van der Waals surface area contributed by atoms with Crippen LogP contribution in [0.25, 0.3) is 0 Å². The minimum absolute atomic E-state index is 0.0135. The lowest BCUT2D eigenvalue weighted by atomic mass is 10.2. The lowest BCUT2D eigenvalue weighted by Crippen LogP contribution is -2.52. The topological polar surface area (TPSA) is 70.2 Å². The Morgan fingerprint density at radius 3 is 2.10 bits per heavy atom. The van der Waals surface area contributed by atoms with E-state index in [9.17, 15) is 9.59 Å². The molecule has 0 aliphatic heterocycles. The highest BCUT2D eigenvalue weighted by Crippen LogP contribution is 2.17. The Bertz CT molecular complexity index is 325. The van der Waals surface area contributed by atoms with Crippen LogP contribution in [0.5, 0.6) is 0 Å². The molecule has 1 aliphatic carbocycles. The standard InChI is InChI=1S/C15H29N3O2/c1-10(2)9-16-14(19)11(3)17-12(4)15(20)18-13-7-5-6-8-13/h10-13,17H,5-9H2,1-4H3,(H,16,19)(H,18,20). The lowest BCUT2D eigenvalue weighted by molar-refractivity contribution is -0.125. The monoisotopic (exact) mass is 283 g/mol. The Morgan fingerprint density at radius 2 is 1.55 bits per heavy atom. The van der Waals surface area contributed by atoms with Crippen molar-refractivity contribution in [1.29, 1.82) is 0 Å². The van der Waals surface area contributed by atoms with Crippen molar-refractivity contribution in [2.75, 3.05) is 6.54 Å². The van der Waals surface area contributed by atoms with Gasteiger partial charge in [0.2, 0.25) is 11.8 Å². The minimum Gasteiger partial charge on any atom is -0.354 e. The van der Waals surface area contributed by atoms with E-state index in [1.54, 1.807) is 13.8 Å². The molecule has 0 aromatic heterocycles. The van der Waals surface area contributed by atoms with E-state index in [0.717, 1.165) is 12.8 Å². The van der Waals surface area contributed by atoms with Gasteiger partial charge >= 0.3 is 0 Å². The minimum atomic E-state index is -0.363. The van der Waals surface area contributed by atoms with Gasteiger partial charge in [0.15, 0.2) is 0 Å². The Hall–Kier alpha value is -1.10. The summed E-state index contributed by atoms with van der Waals surface area (Å²) in [6, 6.07) is -0.398. The third-order valence-electron chi connectivity index (χ3n) is 3.67. The van der Waals surface area contributed by atoms with E-state index in [4.69, 9.17) is 0 Å². The summed E-state index contributed by atoms with van der Waals surface area (Å²) >= 11 is 0. The van der Waals surface area contributed by atoms with E-state index in [1.807, 2.05) is 0 Å². The number of hydrogen-bond donors (Lipinski definition) is 3. The van der Waals surface area contributed by atoms with Crippen LogP contribution in [-0.4, -0.2) is 36.5 Å². The fourth-order valence-electron chi connectivity index (χ4n) is 2.38. The van der Waals surface area contributed by atoms with Crippen molar-refractivity contribution in [2.45, 2.75) is 71.5 Å². The maximum Gasteiger partial charge on any atom is 0.237 e. The van der Waals surface area contributed by atoms with Gasteiger partial charge in [-0.05, 0) is 32.6 Å². The second kappa shape index (κ2) is 8.25. The summed E-state index contributed by atoms with van der Waals surface area (Å²) in [5.74, 6) is 0.355. The van der Waals surface area contributed by atoms with Crippen molar-refractivity contribution < 1.29 is 9.59 Å². The summed E-state index contributed by atoms with van der Waals surface area (Å²) in [5.41, 5.74) is 0. The Balaban J connectivity index is 2.30. The second-order valence-corrected chi connectivity index (χ2v) is 6.24. The molecule has 1 saturated carbocycles. The van der Waals surface area contributed by atoms with Gasteiger partial charge in [-0.3, -0.25) is 14.9 Å². The van der Waals surface area contributed by atoms with Crippen molar-refractivity contribution in [3.8, 4) is 0 Å². The molecular formula is C15H29N3O2. The van der Waals surface area contributed by atoms with Gasteiger partial charge in [-0.15, -0.1) is 0 Å². The molecule has 5 heteroatoms. The molecule has 1 rings (SSSR count). The molecule has 2 atom stereocenters. The van der Waals surface area contributed by atoms with Crippen molar-refractivity contribution in [2.24, 2.45) is 5.92 Å². The van der Waals surface area contributed by atoms with Gasteiger partial charge in [0.05, 0.1) is 12.1 Å². The van der Waals surface area contributed by atoms with E-state index in [-0.39, 0.29) is 23.9 Å². The maximum absolute atomic E-state index is 12.0. The van der Waals surface area contributed by atoms with E-state index in [1.165, 1.54) is 12.8 Å². The molecule has 0 aromatic rings. The van der Waals surface area contributed by atoms with Crippen molar-refractivity contribution >= 4 is 11.8 Å². The number of nitrogens with one attached hydrogen (secondary N) is 3. The third kappa shape index (κ3) is 5.90. The quantitative estimate of drug-likeness (QED) is 0.657. The average molecular weight is 283 g/mol. The highest BCUT2D eigenvalue weighted by molar-refractivity contribution is 5.85. The molecule has 2 amide bonds. The maximum atomic E-state index is 12.0. The molecule has 0 radical (unpaired) electrons. The second-order valence-electron chi connectivity index (χ2n) is 6.24. The fraction of sp³-hybridized carbons (Fsp3) is 0.867. The van der Waals surface area contributed by atoms with Crippen molar-refractivity contribution in [1.82, 2.24) is 16.0 Å². The van der Waals surface area contributed by atoms with E-state index >= 15 is 0 Å². The molecule has 116 valence electrons. The molecule has 3 N–H and O–H groups in total. The van der Waals surface area contributed by atoms with Gasteiger partial charge in [0.25, 0.3) is 0 Å². The molecule has 20 heavy (non-hydrogen) atoms. The predicted molar refractivity (Wildman–Crippen MR) is 80.3 cm³/mol. The first-order chi connectivity index (χ1) is 9.40. The largest absolute Gasteiger partial charge is 0.354 e. The summed E-state index contributed by atoms with van der Waals surface area (Å²) in [4.78, 5) is 23.9. The fourth-order valence-corrected chi connectivity index (χ4v) is 2.38. The molecule has 1 aliphatic rings. The molecule has 0 heterocycles. The zero-order chi connectivity index (χ0) is 15.1. The molecule has 1 fully saturated rings. The molecule has 2 unspecified atom stereocenters. The summed E-state index contributed by atoms with van der Waals surface area (Å²) < 4.78 is 0. The zero-order valence-corrected chi connectivity index (χ0v) is 13.2. The smallest absolute Gasteiger partial charge is 0.237 e. The van der Waals surface area contributed by atoms with Crippen LogP contribution in [0.3, 0.4) is 0 Å². The highest BCUT2D eigenvalue weighted by Gasteiger charge is 2.23. The third-order valence-corrected chi connectivity index (χ3v) is 3.67. The molecule has 0 saturated heterocycles.